The Bertz CT molecular complexity index is 632. The number of carbonyl (C=O) groups excluding carboxylic acids is 1. The van der Waals surface area contributed by atoms with Crippen LogP contribution >= 0.6 is 0 Å². The van der Waals surface area contributed by atoms with E-state index < -0.39 is 17.2 Å². The fourth-order valence-corrected chi connectivity index (χ4v) is 3.94. The Labute approximate surface area is 202 Å². The number of hydrogen-bond donors (Lipinski definition) is 3. The summed E-state index contributed by atoms with van der Waals surface area (Å²) in [6.45, 7) is 6.91. The number of amides is 1. The number of aryl methyl sites for hydroxylation is 2. The summed E-state index contributed by atoms with van der Waals surface area (Å²) in [4.78, 5) is 12.1. The van der Waals surface area contributed by atoms with E-state index in [1.54, 1.807) is 20.8 Å². The van der Waals surface area contributed by atoms with Crippen LogP contribution in [0, 0.1) is 0 Å². The van der Waals surface area contributed by atoms with E-state index in [4.69, 9.17) is 4.74 Å². The summed E-state index contributed by atoms with van der Waals surface area (Å²) in [5, 5.41) is 22.3. The van der Waals surface area contributed by atoms with Gasteiger partial charge in [0.15, 0.2) is 0 Å². The summed E-state index contributed by atoms with van der Waals surface area (Å²) >= 11 is 0. The van der Waals surface area contributed by atoms with E-state index in [-0.39, 0.29) is 13.2 Å². The predicted octanol–water partition coefficient (Wildman–Crippen LogP) is 6.33. The van der Waals surface area contributed by atoms with Gasteiger partial charge in [0, 0.05) is 0 Å². The number of ether oxygens (including phenoxy) is 1. The van der Waals surface area contributed by atoms with Gasteiger partial charge in [-0.2, -0.15) is 0 Å². The van der Waals surface area contributed by atoms with Gasteiger partial charge in [0.1, 0.15) is 5.60 Å². The summed E-state index contributed by atoms with van der Waals surface area (Å²) in [5.74, 6) is 0. The number of nitrogens with one attached hydrogen (secondary N) is 1. The number of hydrogen-bond acceptors (Lipinski definition) is 4. The average molecular weight is 464 g/mol. The molecule has 1 aromatic rings. The molecule has 0 aromatic heterocycles. The van der Waals surface area contributed by atoms with Gasteiger partial charge in [-0.3, -0.25) is 0 Å². The lowest BCUT2D eigenvalue weighted by atomic mass is 9.92. The minimum Gasteiger partial charge on any atom is -0.444 e. The molecule has 0 radical (unpaired) electrons. The molecule has 3 N–H and O–H groups in total. The summed E-state index contributed by atoms with van der Waals surface area (Å²) in [7, 11) is 0. The summed E-state index contributed by atoms with van der Waals surface area (Å²) < 4.78 is 5.28. The maximum Gasteiger partial charge on any atom is 0.408 e. The van der Waals surface area contributed by atoms with Crippen molar-refractivity contribution in [3.63, 3.8) is 0 Å². The maximum atomic E-state index is 12.1. The molecule has 0 aliphatic rings. The lowest BCUT2D eigenvalue weighted by Gasteiger charge is -2.32. The number of benzene rings is 1. The Morgan fingerprint density at radius 1 is 0.788 bits per heavy atom. The largest absolute Gasteiger partial charge is 0.444 e. The van der Waals surface area contributed by atoms with Crippen LogP contribution in [0.1, 0.15) is 109 Å². The van der Waals surface area contributed by atoms with Gasteiger partial charge in [-0.25, -0.2) is 4.79 Å². The van der Waals surface area contributed by atoms with Crippen LogP contribution in [0.5, 0.6) is 0 Å². The van der Waals surface area contributed by atoms with Crippen LogP contribution in [-0.4, -0.2) is 40.7 Å². The van der Waals surface area contributed by atoms with Crippen molar-refractivity contribution in [2.75, 3.05) is 13.2 Å². The standard InChI is InChI=1S/C28H49NO4/c1-5-6-7-8-9-10-11-12-13-14-15-24-16-18-25(19-17-24)20-21-28(22-30,23-31)29-26(32)33-27(2,3)4/h16-19,30-31H,5-15,20-23H2,1-4H3,(H,29,32). The second kappa shape index (κ2) is 16.1. The van der Waals surface area contributed by atoms with E-state index in [2.05, 4.69) is 36.5 Å². The van der Waals surface area contributed by atoms with Gasteiger partial charge in [0.2, 0.25) is 0 Å². The fourth-order valence-electron chi connectivity index (χ4n) is 3.94. The minimum absolute atomic E-state index is 0.348. The molecule has 0 heterocycles. The first-order valence-corrected chi connectivity index (χ1v) is 13.0. The van der Waals surface area contributed by atoms with Crippen molar-refractivity contribution in [3.8, 4) is 0 Å². The zero-order valence-corrected chi connectivity index (χ0v) is 21.6. The highest BCUT2D eigenvalue weighted by Gasteiger charge is 2.32. The second-order valence-electron chi connectivity index (χ2n) is 10.5. The molecule has 5 heteroatoms. The molecule has 33 heavy (non-hydrogen) atoms. The minimum atomic E-state index is -1.10. The molecule has 0 saturated carbocycles. The number of aliphatic hydroxyl groups excluding tert-OH is 2. The van der Waals surface area contributed by atoms with E-state index in [1.165, 1.54) is 69.8 Å². The highest BCUT2D eigenvalue weighted by Crippen LogP contribution is 2.18. The molecule has 0 atom stereocenters. The third kappa shape index (κ3) is 13.6. The van der Waals surface area contributed by atoms with Gasteiger partial charge in [0.05, 0.1) is 18.8 Å². The van der Waals surface area contributed by atoms with Gasteiger partial charge in [-0.15, -0.1) is 0 Å². The third-order valence-corrected chi connectivity index (χ3v) is 6.11. The fraction of sp³-hybridized carbons (Fsp3) is 0.750. The molecule has 190 valence electrons. The van der Waals surface area contributed by atoms with Crippen molar-refractivity contribution in [1.29, 1.82) is 0 Å². The molecule has 0 aliphatic carbocycles. The summed E-state index contributed by atoms with van der Waals surface area (Å²) in [6, 6.07) is 8.56. The molecule has 0 saturated heterocycles. The highest BCUT2D eigenvalue weighted by atomic mass is 16.6. The molecule has 1 amide bonds. The van der Waals surface area contributed by atoms with Crippen molar-refractivity contribution < 1.29 is 19.7 Å². The molecule has 0 aliphatic heterocycles. The van der Waals surface area contributed by atoms with Crippen LogP contribution in [-0.2, 0) is 17.6 Å². The highest BCUT2D eigenvalue weighted by molar-refractivity contribution is 5.68. The molecule has 0 bridgehead atoms. The first kappa shape index (κ1) is 29.4. The first-order valence-electron chi connectivity index (χ1n) is 13.0. The quantitative estimate of drug-likeness (QED) is 0.236. The molecule has 0 spiro atoms. The van der Waals surface area contributed by atoms with Crippen molar-refractivity contribution >= 4 is 6.09 Å². The van der Waals surface area contributed by atoms with Crippen LogP contribution in [0.3, 0.4) is 0 Å². The molecule has 5 nitrogen and oxygen atoms in total. The van der Waals surface area contributed by atoms with Gasteiger partial charge in [-0.1, -0.05) is 89.0 Å². The van der Waals surface area contributed by atoms with Crippen LogP contribution in [0.25, 0.3) is 0 Å². The molecule has 1 aromatic carbocycles. The topological polar surface area (TPSA) is 78.8 Å². The molecular formula is C28H49NO4. The van der Waals surface area contributed by atoms with Crippen molar-refractivity contribution in [2.45, 2.75) is 122 Å². The number of carbonyl (C=O) groups is 1. The van der Waals surface area contributed by atoms with Crippen LogP contribution < -0.4 is 5.32 Å². The van der Waals surface area contributed by atoms with Crippen molar-refractivity contribution in [1.82, 2.24) is 5.32 Å². The van der Waals surface area contributed by atoms with Gasteiger partial charge >= 0.3 is 6.09 Å². The number of unbranched alkanes of at least 4 members (excludes halogenated alkanes) is 9. The monoisotopic (exact) mass is 463 g/mol. The normalized spacial score (nSPS) is 12.1. The van der Waals surface area contributed by atoms with Crippen LogP contribution in [0.15, 0.2) is 24.3 Å². The number of alkyl carbamates (subject to hydrolysis) is 1. The lowest BCUT2D eigenvalue weighted by molar-refractivity contribution is 0.0276. The lowest BCUT2D eigenvalue weighted by Crippen LogP contribution is -2.55. The number of aliphatic hydroxyl groups is 2. The first-order chi connectivity index (χ1) is 15.7. The van der Waals surface area contributed by atoms with Crippen molar-refractivity contribution in [3.05, 3.63) is 35.4 Å². The van der Waals surface area contributed by atoms with Gasteiger partial charge in [0.25, 0.3) is 0 Å². The SMILES string of the molecule is CCCCCCCCCCCCc1ccc(CCC(CO)(CO)NC(=O)OC(C)(C)C)cc1. The van der Waals surface area contributed by atoms with E-state index in [9.17, 15) is 15.0 Å². The average Bonchev–Trinajstić information content (AvgIpc) is 2.77. The van der Waals surface area contributed by atoms with E-state index in [1.807, 2.05) is 0 Å². The van der Waals surface area contributed by atoms with Gasteiger partial charge < -0.3 is 20.3 Å². The van der Waals surface area contributed by atoms with E-state index in [0.717, 1.165) is 12.0 Å². The Morgan fingerprint density at radius 3 is 1.70 bits per heavy atom. The van der Waals surface area contributed by atoms with Crippen LogP contribution in [0.2, 0.25) is 0 Å². The summed E-state index contributed by atoms with van der Waals surface area (Å²) in [5.41, 5.74) is 0.738. The Hall–Kier alpha value is -1.59. The van der Waals surface area contributed by atoms with E-state index >= 15 is 0 Å². The second-order valence-corrected chi connectivity index (χ2v) is 10.5. The number of rotatable bonds is 17. The Balaban J connectivity index is 2.33. The zero-order chi connectivity index (χ0) is 24.6. The van der Waals surface area contributed by atoms with E-state index in [0.29, 0.717) is 12.8 Å². The molecule has 0 fully saturated rings. The predicted molar refractivity (Wildman–Crippen MR) is 137 cm³/mol. The van der Waals surface area contributed by atoms with Gasteiger partial charge in [-0.05, 0) is 57.6 Å². The molecule has 1 rings (SSSR count). The maximum absolute atomic E-state index is 12.1. The smallest absolute Gasteiger partial charge is 0.408 e. The van der Waals surface area contributed by atoms with Crippen molar-refractivity contribution in [2.24, 2.45) is 0 Å². The third-order valence-electron chi connectivity index (χ3n) is 6.11. The molecular weight excluding hydrogens is 414 g/mol. The summed E-state index contributed by atoms with van der Waals surface area (Å²) in [6.07, 6.45) is 15.0. The molecule has 0 unspecified atom stereocenters. The Kier molecular flexibility index (Phi) is 14.4. The zero-order valence-electron chi connectivity index (χ0n) is 21.6. The Morgan fingerprint density at radius 2 is 1.24 bits per heavy atom. The van der Waals surface area contributed by atoms with Crippen LogP contribution in [0.4, 0.5) is 4.79 Å².